The summed E-state index contributed by atoms with van der Waals surface area (Å²) in [5.74, 6) is -0.937. The number of benzene rings is 1. The Labute approximate surface area is 122 Å². The molecule has 1 aromatic carbocycles. The second-order valence-corrected chi connectivity index (χ2v) is 5.18. The van der Waals surface area contributed by atoms with E-state index >= 15 is 0 Å². The van der Waals surface area contributed by atoms with Crippen molar-refractivity contribution in [1.82, 2.24) is 0 Å². The second kappa shape index (κ2) is 6.82. The summed E-state index contributed by atoms with van der Waals surface area (Å²) in [6.07, 6.45) is 0.265. The molecular weight excluding hydrogens is 289 g/mol. The summed E-state index contributed by atoms with van der Waals surface area (Å²) in [5.41, 5.74) is 0.691. The number of thiocarbonyl (C=S) groups is 1. The lowest BCUT2D eigenvalue weighted by molar-refractivity contribution is -0.114. The van der Waals surface area contributed by atoms with Crippen molar-refractivity contribution in [2.45, 2.75) is 33.3 Å². The fraction of sp³-hybridized carbons (Fsp3) is 0.385. The minimum Gasteiger partial charge on any atom is -0.484 e. The lowest BCUT2D eigenvalue weighted by Gasteiger charge is -2.13. The Balaban J connectivity index is 2.94. The van der Waals surface area contributed by atoms with Gasteiger partial charge in [0, 0.05) is 18.4 Å². The highest BCUT2D eigenvalue weighted by Crippen LogP contribution is 2.25. The number of ether oxygens (including phenoxy) is 1. The van der Waals surface area contributed by atoms with E-state index in [1.54, 1.807) is 0 Å². The number of hydrogen-bond donors (Lipinski definition) is 1. The number of carbonyl (C=O) groups excluding carboxylic acids is 1. The molecule has 0 fully saturated rings. The van der Waals surface area contributed by atoms with Crippen molar-refractivity contribution in [1.29, 1.82) is 0 Å². The van der Waals surface area contributed by atoms with E-state index in [0.717, 1.165) is 6.07 Å². The fourth-order valence-corrected chi connectivity index (χ4v) is 2.04. The van der Waals surface area contributed by atoms with Gasteiger partial charge >= 0.3 is 0 Å². The van der Waals surface area contributed by atoms with E-state index in [4.69, 9.17) is 28.6 Å². The van der Waals surface area contributed by atoms with Crippen molar-refractivity contribution in [3.05, 3.63) is 28.5 Å². The van der Waals surface area contributed by atoms with Gasteiger partial charge in [0.05, 0.1) is 11.8 Å². The van der Waals surface area contributed by atoms with Crippen molar-refractivity contribution >= 4 is 40.5 Å². The van der Waals surface area contributed by atoms with Crippen LogP contribution in [0.5, 0.6) is 0 Å². The Hall–Kier alpha value is -1.20. The van der Waals surface area contributed by atoms with Gasteiger partial charge < -0.3 is 10.1 Å². The second-order valence-electron chi connectivity index (χ2n) is 4.32. The summed E-state index contributed by atoms with van der Waals surface area (Å²) in [6, 6.07) is 2.62. The molecule has 3 nitrogen and oxygen atoms in total. The van der Waals surface area contributed by atoms with Crippen LogP contribution in [-0.4, -0.2) is 17.1 Å². The van der Waals surface area contributed by atoms with Crippen LogP contribution in [0.4, 0.5) is 10.1 Å². The van der Waals surface area contributed by atoms with Gasteiger partial charge in [-0.3, -0.25) is 4.79 Å². The Kier molecular flexibility index (Phi) is 5.69. The Morgan fingerprint density at radius 1 is 1.53 bits per heavy atom. The van der Waals surface area contributed by atoms with Gasteiger partial charge in [-0.2, -0.15) is 0 Å². The molecule has 0 aliphatic heterocycles. The molecule has 0 aliphatic rings. The summed E-state index contributed by atoms with van der Waals surface area (Å²) in [5, 5.41) is 3.02. The average molecular weight is 304 g/mol. The highest BCUT2D eigenvalue weighted by molar-refractivity contribution is 7.80. The number of rotatable bonds is 4. The highest BCUT2D eigenvalue weighted by Gasteiger charge is 2.12. The SMILES string of the molecule is CC(=O)Nc1cc(CC(=S)OC(C)C)c(Cl)cc1F. The predicted octanol–water partition coefficient (Wildman–Crippen LogP) is 3.73. The molecule has 0 aliphatic carbocycles. The van der Waals surface area contributed by atoms with Gasteiger partial charge in [0.15, 0.2) is 5.05 Å². The minimum atomic E-state index is -0.584. The van der Waals surface area contributed by atoms with E-state index in [9.17, 15) is 9.18 Å². The zero-order valence-corrected chi connectivity index (χ0v) is 12.5. The van der Waals surface area contributed by atoms with Crippen LogP contribution in [0.2, 0.25) is 5.02 Å². The molecule has 0 spiro atoms. The predicted molar refractivity (Wildman–Crippen MR) is 78.2 cm³/mol. The summed E-state index contributed by atoms with van der Waals surface area (Å²) in [6.45, 7) is 5.03. The smallest absolute Gasteiger partial charge is 0.221 e. The third-order valence-corrected chi connectivity index (χ3v) is 2.74. The Morgan fingerprint density at radius 2 is 2.16 bits per heavy atom. The molecule has 104 valence electrons. The molecule has 0 saturated carbocycles. The molecule has 1 amide bonds. The lowest BCUT2D eigenvalue weighted by atomic mass is 10.1. The summed E-state index contributed by atoms with van der Waals surface area (Å²) in [7, 11) is 0. The lowest BCUT2D eigenvalue weighted by Crippen LogP contribution is -2.13. The Morgan fingerprint density at radius 3 is 2.68 bits per heavy atom. The maximum atomic E-state index is 13.6. The third kappa shape index (κ3) is 5.12. The largest absolute Gasteiger partial charge is 0.484 e. The quantitative estimate of drug-likeness (QED) is 0.861. The van der Waals surface area contributed by atoms with E-state index in [-0.39, 0.29) is 22.7 Å². The topological polar surface area (TPSA) is 38.3 Å². The monoisotopic (exact) mass is 303 g/mol. The molecule has 0 atom stereocenters. The first-order chi connectivity index (χ1) is 8.79. The Bertz CT molecular complexity index is 506. The van der Waals surface area contributed by atoms with Gasteiger partial charge in [-0.15, -0.1) is 0 Å². The molecular formula is C13H15ClFNO2S. The first-order valence-electron chi connectivity index (χ1n) is 5.74. The fourth-order valence-electron chi connectivity index (χ4n) is 1.47. The molecule has 0 unspecified atom stereocenters. The van der Waals surface area contributed by atoms with Gasteiger partial charge in [-0.1, -0.05) is 11.6 Å². The van der Waals surface area contributed by atoms with Crippen LogP contribution >= 0.6 is 23.8 Å². The van der Waals surface area contributed by atoms with Gasteiger partial charge in [-0.05, 0) is 43.8 Å². The molecule has 1 N–H and O–H groups in total. The zero-order chi connectivity index (χ0) is 14.6. The van der Waals surface area contributed by atoms with Crippen LogP contribution in [0, 0.1) is 5.82 Å². The van der Waals surface area contributed by atoms with Crippen molar-refractivity contribution in [3.8, 4) is 0 Å². The number of amides is 1. The number of anilines is 1. The number of nitrogens with one attached hydrogen (secondary N) is 1. The van der Waals surface area contributed by atoms with E-state index in [2.05, 4.69) is 5.32 Å². The van der Waals surface area contributed by atoms with Crippen LogP contribution < -0.4 is 5.32 Å². The van der Waals surface area contributed by atoms with Crippen molar-refractivity contribution in [2.75, 3.05) is 5.32 Å². The van der Waals surface area contributed by atoms with Gasteiger partial charge in [0.2, 0.25) is 5.91 Å². The molecule has 0 radical (unpaired) electrons. The molecule has 6 heteroatoms. The molecule has 0 heterocycles. The molecule has 0 bridgehead atoms. The normalized spacial score (nSPS) is 10.4. The average Bonchev–Trinajstić information content (AvgIpc) is 2.23. The summed E-state index contributed by atoms with van der Waals surface area (Å²) in [4.78, 5) is 11.0. The van der Waals surface area contributed by atoms with E-state index in [0.29, 0.717) is 17.0 Å². The van der Waals surface area contributed by atoms with E-state index in [1.807, 2.05) is 13.8 Å². The van der Waals surface area contributed by atoms with Crippen molar-refractivity contribution < 1.29 is 13.9 Å². The van der Waals surface area contributed by atoms with Crippen LogP contribution in [-0.2, 0) is 16.0 Å². The van der Waals surface area contributed by atoms with Crippen LogP contribution in [0.25, 0.3) is 0 Å². The van der Waals surface area contributed by atoms with Crippen LogP contribution in [0.1, 0.15) is 26.3 Å². The minimum absolute atomic E-state index is 0.0264. The summed E-state index contributed by atoms with van der Waals surface area (Å²) < 4.78 is 18.9. The number of halogens is 2. The maximum absolute atomic E-state index is 13.6. The van der Waals surface area contributed by atoms with Gasteiger partial charge in [0.1, 0.15) is 5.82 Å². The maximum Gasteiger partial charge on any atom is 0.221 e. The van der Waals surface area contributed by atoms with E-state index < -0.39 is 5.82 Å². The van der Waals surface area contributed by atoms with Crippen molar-refractivity contribution in [2.24, 2.45) is 0 Å². The summed E-state index contributed by atoms with van der Waals surface area (Å²) >= 11 is 11.0. The third-order valence-electron chi connectivity index (χ3n) is 2.15. The number of carbonyl (C=O) groups is 1. The highest BCUT2D eigenvalue weighted by atomic mass is 35.5. The molecule has 0 aromatic heterocycles. The van der Waals surface area contributed by atoms with Crippen LogP contribution in [0.15, 0.2) is 12.1 Å². The standard InChI is InChI=1S/C13H15ClFNO2S/c1-7(2)18-13(19)5-9-4-12(16-8(3)17)11(15)6-10(9)14/h4,6-7H,5H2,1-3H3,(H,16,17). The van der Waals surface area contributed by atoms with Crippen molar-refractivity contribution in [3.63, 3.8) is 0 Å². The first kappa shape index (κ1) is 15.9. The molecule has 1 aromatic rings. The molecule has 0 saturated heterocycles. The first-order valence-corrected chi connectivity index (χ1v) is 6.53. The molecule has 19 heavy (non-hydrogen) atoms. The number of hydrogen-bond acceptors (Lipinski definition) is 3. The molecule has 1 rings (SSSR count). The van der Waals surface area contributed by atoms with Crippen LogP contribution in [0.3, 0.4) is 0 Å². The van der Waals surface area contributed by atoms with Gasteiger partial charge in [0.25, 0.3) is 0 Å². The van der Waals surface area contributed by atoms with E-state index in [1.165, 1.54) is 13.0 Å². The zero-order valence-electron chi connectivity index (χ0n) is 10.9. The van der Waals surface area contributed by atoms with Gasteiger partial charge in [-0.25, -0.2) is 4.39 Å².